The van der Waals surface area contributed by atoms with Gasteiger partial charge in [-0.15, -0.1) is 0 Å². The fourth-order valence-corrected chi connectivity index (χ4v) is 4.08. The number of para-hydroxylation sites is 1. The number of phenolic OH excluding ortho intramolecular Hbond substituents is 1. The number of aliphatic hydroxyl groups is 1. The number of aromatic amines is 1. The van der Waals surface area contributed by atoms with E-state index in [1.807, 2.05) is 30.3 Å². The van der Waals surface area contributed by atoms with Gasteiger partial charge in [-0.1, -0.05) is 38.1 Å². The average Bonchev–Trinajstić information content (AvgIpc) is 3.31. The van der Waals surface area contributed by atoms with E-state index in [0.717, 1.165) is 23.3 Å². The molecule has 2 heterocycles. The molecule has 1 aliphatic rings. The Kier molecular flexibility index (Phi) is 6.46. The smallest absolute Gasteiger partial charge is 0.273 e. The molecule has 0 saturated heterocycles. The molecule has 1 aromatic heterocycles. The van der Waals surface area contributed by atoms with Gasteiger partial charge in [-0.3, -0.25) is 9.89 Å². The summed E-state index contributed by atoms with van der Waals surface area (Å²) in [5.74, 6) is 1.24. The molecule has 1 atom stereocenters. The number of fused-ring (bicyclic) bond motifs is 1. The summed E-state index contributed by atoms with van der Waals surface area (Å²) in [5.41, 5.74) is 3.16. The number of benzene rings is 2. The van der Waals surface area contributed by atoms with Gasteiger partial charge in [0.1, 0.15) is 22.9 Å². The van der Waals surface area contributed by atoms with E-state index in [-0.39, 0.29) is 18.3 Å². The standard InChI is InChI=1S/C25H29N3O4/c1-16(2)11-14-32-18-8-5-7-17(15-18)24-21-22(19-9-3-4-10-20(19)30)26-27-23(21)25(31)28(24)12-6-13-29/h3-5,7-10,15-16,24,29-30H,6,11-14H2,1-2H3,(H,26,27)/t24-/m1/s1. The Bertz CT molecular complexity index is 1090. The number of ether oxygens (including phenoxy) is 1. The Hall–Kier alpha value is -3.32. The quantitative estimate of drug-likeness (QED) is 0.469. The van der Waals surface area contributed by atoms with Gasteiger partial charge < -0.3 is 19.8 Å². The molecule has 168 valence electrons. The van der Waals surface area contributed by atoms with Crippen molar-refractivity contribution in [2.75, 3.05) is 19.8 Å². The highest BCUT2D eigenvalue weighted by Gasteiger charge is 2.42. The zero-order valence-corrected chi connectivity index (χ0v) is 18.4. The monoisotopic (exact) mass is 435 g/mol. The number of nitrogens with zero attached hydrogens (tertiary/aromatic N) is 2. The second kappa shape index (κ2) is 9.44. The molecular formula is C25H29N3O4. The van der Waals surface area contributed by atoms with Gasteiger partial charge in [0.2, 0.25) is 0 Å². The molecule has 4 rings (SSSR count). The molecule has 2 aromatic carbocycles. The summed E-state index contributed by atoms with van der Waals surface area (Å²) in [6.07, 6.45) is 1.43. The van der Waals surface area contributed by atoms with E-state index in [0.29, 0.717) is 42.4 Å². The van der Waals surface area contributed by atoms with Crippen molar-refractivity contribution in [3.05, 3.63) is 65.4 Å². The van der Waals surface area contributed by atoms with Gasteiger partial charge in [-0.25, -0.2) is 0 Å². The Morgan fingerprint density at radius 2 is 2.00 bits per heavy atom. The molecule has 3 aromatic rings. The van der Waals surface area contributed by atoms with Gasteiger partial charge in [-0.2, -0.15) is 5.10 Å². The van der Waals surface area contributed by atoms with Crippen molar-refractivity contribution in [1.82, 2.24) is 15.1 Å². The molecule has 0 aliphatic carbocycles. The van der Waals surface area contributed by atoms with Gasteiger partial charge >= 0.3 is 0 Å². The Morgan fingerprint density at radius 3 is 2.75 bits per heavy atom. The van der Waals surface area contributed by atoms with Crippen LogP contribution in [0, 0.1) is 5.92 Å². The summed E-state index contributed by atoms with van der Waals surface area (Å²) < 4.78 is 5.96. The minimum absolute atomic E-state index is 0.00658. The molecule has 7 heteroatoms. The number of phenols is 1. The lowest BCUT2D eigenvalue weighted by Gasteiger charge is -2.26. The number of aromatic nitrogens is 2. The van der Waals surface area contributed by atoms with Crippen LogP contribution in [0.4, 0.5) is 0 Å². The Labute approximate surface area is 187 Å². The van der Waals surface area contributed by atoms with Crippen molar-refractivity contribution >= 4 is 5.91 Å². The number of hydrogen-bond acceptors (Lipinski definition) is 5. The number of hydrogen-bond donors (Lipinski definition) is 3. The first-order valence-electron chi connectivity index (χ1n) is 11.0. The number of carbonyl (C=O) groups is 1. The second-order valence-corrected chi connectivity index (χ2v) is 8.46. The number of aliphatic hydroxyl groups excluding tert-OH is 1. The highest BCUT2D eigenvalue weighted by Crippen LogP contribution is 2.44. The van der Waals surface area contributed by atoms with Crippen molar-refractivity contribution in [3.63, 3.8) is 0 Å². The first-order valence-corrected chi connectivity index (χ1v) is 11.0. The molecule has 1 amide bonds. The van der Waals surface area contributed by atoms with Crippen LogP contribution in [-0.4, -0.2) is 51.0 Å². The molecule has 0 spiro atoms. The minimum Gasteiger partial charge on any atom is -0.507 e. The Balaban J connectivity index is 1.76. The summed E-state index contributed by atoms with van der Waals surface area (Å²) in [4.78, 5) is 15.0. The van der Waals surface area contributed by atoms with Crippen molar-refractivity contribution in [2.24, 2.45) is 5.92 Å². The number of carbonyl (C=O) groups excluding carboxylic acids is 1. The Morgan fingerprint density at radius 1 is 1.19 bits per heavy atom. The van der Waals surface area contributed by atoms with Gasteiger partial charge in [-0.05, 0) is 48.6 Å². The number of nitrogens with one attached hydrogen (secondary N) is 1. The molecule has 1 aliphatic heterocycles. The fraction of sp³-hybridized carbons (Fsp3) is 0.360. The third-order valence-electron chi connectivity index (χ3n) is 5.72. The topological polar surface area (TPSA) is 98.7 Å². The van der Waals surface area contributed by atoms with Crippen LogP contribution in [0.3, 0.4) is 0 Å². The SMILES string of the molecule is CC(C)CCOc1cccc([C@@H]2c3c(-c4ccccc4O)n[nH]c3C(=O)N2CCCO)c1. The van der Waals surface area contributed by atoms with E-state index in [9.17, 15) is 15.0 Å². The van der Waals surface area contributed by atoms with E-state index in [1.54, 1.807) is 23.1 Å². The third-order valence-corrected chi connectivity index (χ3v) is 5.72. The van der Waals surface area contributed by atoms with Crippen LogP contribution < -0.4 is 4.74 Å². The third kappa shape index (κ3) is 4.21. The second-order valence-electron chi connectivity index (χ2n) is 8.46. The van der Waals surface area contributed by atoms with Crippen LogP contribution >= 0.6 is 0 Å². The molecule has 7 nitrogen and oxygen atoms in total. The first-order chi connectivity index (χ1) is 15.5. The zero-order chi connectivity index (χ0) is 22.7. The summed E-state index contributed by atoms with van der Waals surface area (Å²) in [6.45, 7) is 5.33. The molecule has 0 bridgehead atoms. The highest BCUT2D eigenvalue weighted by molar-refractivity contribution is 6.00. The van der Waals surface area contributed by atoms with Crippen LogP contribution in [0.5, 0.6) is 11.5 Å². The summed E-state index contributed by atoms with van der Waals surface area (Å²) in [5, 5.41) is 27.1. The van der Waals surface area contributed by atoms with E-state index >= 15 is 0 Å². The van der Waals surface area contributed by atoms with Crippen molar-refractivity contribution in [2.45, 2.75) is 32.7 Å². The van der Waals surface area contributed by atoms with Crippen molar-refractivity contribution in [3.8, 4) is 22.8 Å². The molecule has 3 N–H and O–H groups in total. The molecule has 0 radical (unpaired) electrons. The predicted octanol–water partition coefficient (Wildman–Crippen LogP) is 4.13. The van der Waals surface area contributed by atoms with Crippen molar-refractivity contribution < 1.29 is 19.7 Å². The normalized spacial score (nSPS) is 15.4. The lowest BCUT2D eigenvalue weighted by Crippen LogP contribution is -2.31. The average molecular weight is 436 g/mol. The predicted molar refractivity (Wildman–Crippen MR) is 122 cm³/mol. The van der Waals surface area contributed by atoms with Crippen LogP contribution in [-0.2, 0) is 0 Å². The van der Waals surface area contributed by atoms with Crippen LogP contribution in [0.2, 0.25) is 0 Å². The maximum atomic E-state index is 13.2. The minimum atomic E-state index is -0.397. The van der Waals surface area contributed by atoms with Crippen LogP contribution in [0.1, 0.15) is 54.3 Å². The van der Waals surface area contributed by atoms with Gasteiger partial charge in [0, 0.05) is 24.3 Å². The van der Waals surface area contributed by atoms with Crippen LogP contribution in [0.25, 0.3) is 11.3 Å². The summed E-state index contributed by atoms with van der Waals surface area (Å²) in [6, 6.07) is 14.3. The largest absolute Gasteiger partial charge is 0.507 e. The number of rotatable bonds is 9. The first kappa shape index (κ1) is 21.9. The fourth-order valence-electron chi connectivity index (χ4n) is 4.08. The number of H-pyrrole nitrogens is 1. The lowest BCUT2D eigenvalue weighted by atomic mass is 9.95. The molecular weight excluding hydrogens is 406 g/mol. The molecule has 0 unspecified atom stereocenters. The zero-order valence-electron chi connectivity index (χ0n) is 18.4. The van der Waals surface area contributed by atoms with Crippen molar-refractivity contribution in [1.29, 1.82) is 0 Å². The number of aromatic hydroxyl groups is 1. The van der Waals surface area contributed by atoms with Gasteiger partial charge in [0.25, 0.3) is 5.91 Å². The van der Waals surface area contributed by atoms with Gasteiger partial charge in [0.05, 0.1) is 12.6 Å². The van der Waals surface area contributed by atoms with E-state index in [4.69, 9.17) is 4.74 Å². The van der Waals surface area contributed by atoms with E-state index in [2.05, 4.69) is 24.0 Å². The summed E-state index contributed by atoms with van der Waals surface area (Å²) >= 11 is 0. The lowest BCUT2D eigenvalue weighted by molar-refractivity contribution is 0.0732. The van der Waals surface area contributed by atoms with E-state index < -0.39 is 6.04 Å². The molecule has 32 heavy (non-hydrogen) atoms. The summed E-state index contributed by atoms with van der Waals surface area (Å²) in [7, 11) is 0. The van der Waals surface area contributed by atoms with Gasteiger partial charge in [0.15, 0.2) is 0 Å². The van der Waals surface area contributed by atoms with E-state index in [1.165, 1.54) is 0 Å². The molecule has 0 saturated carbocycles. The van der Waals surface area contributed by atoms with Crippen LogP contribution in [0.15, 0.2) is 48.5 Å². The maximum absolute atomic E-state index is 13.2. The molecule has 0 fully saturated rings. The highest BCUT2D eigenvalue weighted by atomic mass is 16.5. The number of amides is 1. The maximum Gasteiger partial charge on any atom is 0.273 e.